The Hall–Kier alpha value is -3.74. The number of hydrogen-bond donors (Lipinski definition) is 1. The van der Waals surface area contributed by atoms with E-state index >= 15 is 0 Å². The van der Waals surface area contributed by atoms with Crippen molar-refractivity contribution in [1.29, 1.82) is 0 Å². The average molecular weight is 373 g/mol. The highest BCUT2D eigenvalue weighted by Gasteiger charge is 2.16. The smallest absolute Gasteiger partial charge is 0.246 e. The van der Waals surface area contributed by atoms with E-state index in [-0.39, 0.29) is 12.5 Å². The molecule has 3 aromatic heterocycles. The van der Waals surface area contributed by atoms with Crippen molar-refractivity contribution in [1.82, 2.24) is 19.7 Å². The van der Waals surface area contributed by atoms with Crippen molar-refractivity contribution in [2.75, 3.05) is 12.4 Å². The van der Waals surface area contributed by atoms with Crippen molar-refractivity contribution in [3.05, 3.63) is 66.7 Å². The van der Waals surface area contributed by atoms with Crippen LogP contribution in [0.2, 0.25) is 0 Å². The molecule has 0 radical (unpaired) electrons. The summed E-state index contributed by atoms with van der Waals surface area (Å²) in [5.41, 5.74) is 4.25. The van der Waals surface area contributed by atoms with Crippen LogP contribution in [0.1, 0.15) is 5.69 Å². The maximum absolute atomic E-state index is 12.4. The van der Waals surface area contributed by atoms with Crippen LogP contribution in [-0.2, 0) is 11.3 Å². The minimum absolute atomic E-state index is 0.0751. The molecule has 1 amide bonds. The number of amides is 1. The summed E-state index contributed by atoms with van der Waals surface area (Å²) in [5, 5.41) is 8.32. The number of nitrogens with one attached hydrogen (secondary N) is 1. The van der Waals surface area contributed by atoms with Crippen LogP contribution >= 0.6 is 0 Å². The van der Waals surface area contributed by atoms with E-state index in [1.54, 1.807) is 42.5 Å². The average Bonchev–Trinajstić information content (AvgIpc) is 3.04. The lowest BCUT2D eigenvalue weighted by Crippen LogP contribution is -2.19. The number of anilines is 1. The molecule has 1 aromatic carbocycles. The summed E-state index contributed by atoms with van der Waals surface area (Å²) in [6, 6.07) is 13.3. The molecule has 7 nitrogen and oxygen atoms in total. The Morgan fingerprint density at radius 2 is 1.82 bits per heavy atom. The summed E-state index contributed by atoms with van der Waals surface area (Å²) < 4.78 is 6.87. The molecule has 0 aliphatic heterocycles. The van der Waals surface area contributed by atoms with Gasteiger partial charge in [-0.3, -0.25) is 9.78 Å². The van der Waals surface area contributed by atoms with E-state index in [4.69, 9.17) is 4.74 Å². The highest BCUT2D eigenvalue weighted by Crippen LogP contribution is 2.30. The van der Waals surface area contributed by atoms with Crippen LogP contribution in [0.3, 0.4) is 0 Å². The number of ether oxygens (including phenoxy) is 1. The van der Waals surface area contributed by atoms with Gasteiger partial charge in [0.1, 0.15) is 12.3 Å². The number of benzene rings is 1. The molecule has 0 atom stereocenters. The molecule has 4 rings (SSSR count). The number of aryl methyl sites for hydroxylation is 1. The summed E-state index contributed by atoms with van der Waals surface area (Å²) in [4.78, 5) is 20.8. The van der Waals surface area contributed by atoms with E-state index in [2.05, 4.69) is 20.4 Å². The lowest BCUT2D eigenvalue weighted by atomic mass is 10.0. The maximum atomic E-state index is 12.4. The van der Waals surface area contributed by atoms with Crippen LogP contribution in [0.4, 0.5) is 5.69 Å². The first-order chi connectivity index (χ1) is 13.7. The molecule has 0 spiro atoms. The quantitative estimate of drug-likeness (QED) is 0.579. The molecular formula is C21H19N5O2. The van der Waals surface area contributed by atoms with E-state index in [1.165, 1.54) is 0 Å². The van der Waals surface area contributed by atoms with Gasteiger partial charge in [-0.15, -0.1) is 0 Å². The standard InChI is InChI=1S/C21H19N5O2/c1-14-20-18(15-3-5-17(28-2)6-4-15)9-12-23-21(20)26(25-14)13-19(27)24-16-7-10-22-11-8-16/h3-12H,13H2,1-2H3,(H,22,24,27). The Kier molecular flexibility index (Phi) is 4.72. The minimum Gasteiger partial charge on any atom is -0.497 e. The summed E-state index contributed by atoms with van der Waals surface area (Å²) in [5.74, 6) is 0.626. The van der Waals surface area contributed by atoms with Crippen LogP contribution < -0.4 is 10.1 Å². The van der Waals surface area contributed by atoms with Crippen molar-refractivity contribution in [3.8, 4) is 16.9 Å². The Labute approximate surface area is 162 Å². The normalized spacial score (nSPS) is 10.8. The lowest BCUT2D eigenvalue weighted by molar-refractivity contribution is -0.116. The van der Waals surface area contributed by atoms with Crippen LogP contribution in [-0.4, -0.2) is 32.8 Å². The number of fused-ring (bicyclic) bond motifs is 1. The molecule has 0 saturated heterocycles. The Balaban J connectivity index is 1.66. The molecule has 0 aliphatic carbocycles. The SMILES string of the molecule is COc1ccc(-c2ccnc3c2c(C)nn3CC(=O)Nc2ccncc2)cc1. The van der Waals surface area contributed by atoms with Gasteiger partial charge in [0.2, 0.25) is 5.91 Å². The third-order valence-corrected chi connectivity index (χ3v) is 4.47. The molecule has 28 heavy (non-hydrogen) atoms. The highest BCUT2D eigenvalue weighted by atomic mass is 16.5. The van der Waals surface area contributed by atoms with Gasteiger partial charge >= 0.3 is 0 Å². The van der Waals surface area contributed by atoms with Gasteiger partial charge in [-0.05, 0) is 48.4 Å². The second kappa shape index (κ2) is 7.48. The summed E-state index contributed by atoms with van der Waals surface area (Å²) >= 11 is 0. The van der Waals surface area contributed by atoms with E-state index < -0.39 is 0 Å². The van der Waals surface area contributed by atoms with Gasteiger partial charge in [-0.25, -0.2) is 9.67 Å². The first kappa shape index (κ1) is 17.7. The molecule has 0 fully saturated rings. The summed E-state index contributed by atoms with van der Waals surface area (Å²) in [7, 11) is 1.64. The van der Waals surface area contributed by atoms with Crippen molar-refractivity contribution in [2.24, 2.45) is 0 Å². The van der Waals surface area contributed by atoms with Gasteiger partial charge in [-0.2, -0.15) is 5.10 Å². The molecular weight excluding hydrogens is 354 g/mol. The topological polar surface area (TPSA) is 81.9 Å². The molecule has 7 heteroatoms. The van der Waals surface area contributed by atoms with E-state index in [9.17, 15) is 4.79 Å². The first-order valence-electron chi connectivity index (χ1n) is 8.82. The zero-order chi connectivity index (χ0) is 19.5. The fourth-order valence-corrected chi connectivity index (χ4v) is 3.17. The van der Waals surface area contributed by atoms with Gasteiger partial charge in [0, 0.05) is 29.7 Å². The lowest BCUT2D eigenvalue weighted by Gasteiger charge is -2.07. The zero-order valence-electron chi connectivity index (χ0n) is 15.6. The van der Waals surface area contributed by atoms with Crippen molar-refractivity contribution < 1.29 is 9.53 Å². The molecule has 140 valence electrons. The fraction of sp³-hybridized carbons (Fsp3) is 0.143. The second-order valence-corrected chi connectivity index (χ2v) is 6.31. The third-order valence-electron chi connectivity index (χ3n) is 4.47. The molecule has 3 heterocycles. The van der Waals surface area contributed by atoms with E-state index in [0.717, 1.165) is 28.0 Å². The third kappa shape index (κ3) is 3.42. The number of aromatic nitrogens is 4. The minimum atomic E-state index is -0.174. The maximum Gasteiger partial charge on any atom is 0.246 e. The number of rotatable bonds is 5. The van der Waals surface area contributed by atoms with E-state index in [1.807, 2.05) is 37.3 Å². The molecule has 0 saturated carbocycles. The fourth-order valence-electron chi connectivity index (χ4n) is 3.17. The predicted molar refractivity (Wildman–Crippen MR) is 107 cm³/mol. The molecule has 0 unspecified atom stereocenters. The van der Waals surface area contributed by atoms with Crippen molar-refractivity contribution >= 4 is 22.6 Å². The molecule has 0 bridgehead atoms. The van der Waals surface area contributed by atoms with Crippen molar-refractivity contribution in [3.63, 3.8) is 0 Å². The molecule has 4 aromatic rings. The Morgan fingerprint density at radius 1 is 1.07 bits per heavy atom. The Morgan fingerprint density at radius 3 is 2.54 bits per heavy atom. The number of nitrogens with zero attached hydrogens (tertiary/aromatic N) is 4. The highest BCUT2D eigenvalue weighted by molar-refractivity contribution is 5.96. The summed E-state index contributed by atoms with van der Waals surface area (Å²) in [6.45, 7) is 2.00. The van der Waals surface area contributed by atoms with Gasteiger partial charge in [0.25, 0.3) is 0 Å². The number of methoxy groups -OCH3 is 1. The summed E-state index contributed by atoms with van der Waals surface area (Å²) in [6.07, 6.45) is 5.00. The largest absolute Gasteiger partial charge is 0.497 e. The number of carbonyl (C=O) groups is 1. The Bertz CT molecular complexity index is 1120. The van der Waals surface area contributed by atoms with Crippen LogP contribution in [0.25, 0.3) is 22.2 Å². The molecule has 0 aliphatic rings. The second-order valence-electron chi connectivity index (χ2n) is 6.31. The van der Waals surface area contributed by atoms with Gasteiger partial charge in [0.05, 0.1) is 12.8 Å². The van der Waals surface area contributed by atoms with Crippen molar-refractivity contribution in [2.45, 2.75) is 13.5 Å². The molecule has 1 N–H and O–H groups in total. The predicted octanol–water partition coefficient (Wildman–Crippen LogP) is 3.45. The van der Waals surface area contributed by atoms with Gasteiger partial charge in [0.15, 0.2) is 5.65 Å². The van der Waals surface area contributed by atoms with Gasteiger partial charge in [-0.1, -0.05) is 12.1 Å². The number of hydrogen-bond acceptors (Lipinski definition) is 5. The van der Waals surface area contributed by atoms with Gasteiger partial charge < -0.3 is 10.1 Å². The zero-order valence-corrected chi connectivity index (χ0v) is 15.6. The number of carbonyl (C=O) groups excluding carboxylic acids is 1. The van der Waals surface area contributed by atoms with Crippen LogP contribution in [0, 0.1) is 6.92 Å². The van der Waals surface area contributed by atoms with Crippen LogP contribution in [0.15, 0.2) is 61.1 Å². The van der Waals surface area contributed by atoms with Crippen LogP contribution in [0.5, 0.6) is 5.75 Å². The van der Waals surface area contributed by atoms with E-state index in [0.29, 0.717) is 11.3 Å². The monoisotopic (exact) mass is 373 g/mol. The number of pyridine rings is 2. The first-order valence-corrected chi connectivity index (χ1v) is 8.82.